The maximum absolute atomic E-state index is 10.4. The van der Waals surface area contributed by atoms with Gasteiger partial charge in [-0.3, -0.25) is 4.79 Å². The van der Waals surface area contributed by atoms with Crippen LogP contribution < -0.4 is 5.73 Å². The molecule has 0 aliphatic heterocycles. The third kappa shape index (κ3) is 1.93. The summed E-state index contributed by atoms with van der Waals surface area (Å²) in [7, 11) is 1.33. The quantitative estimate of drug-likeness (QED) is 0.514. The normalized spacial score (nSPS) is 12.9. The second kappa shape index (κ2) is 3.43. The largest absolute Gasteiger partial charge is 0.468 e. The van der Waals surface area contributed by atoms with Crippen LogP contribution in [0.2, 0.25) is 0 Å². The van der Waals surface area contributed by atoms with E-state index in [4.69, 9.17) is 5.73 Å². The zero-order valence-corrected chi connectivity index (χ0v) is 5.18. The number of nitrogens with two attached hydrogens (primary N) is 1. The molecule has 0 aliphatic rings. The summed E-state index contributed by atoms with van der Waals surface area (Å²) in [6.07, 6.45) is 0.632. The van der Waals surface area contributed by atoms with Crippen LogP contribution in [0.25, 0.3) is 0 Å². The van der Waals surface area contributed by atoms with E-state index in [-0.39, 0.29) is 5.97 Å². The van der Waals surface area contributed by atoms with Crippen molar-refractivity contribution in [3.8, 4) is 0 Å². The highest BCUT2D eigenvalue weighted by atomic mass is 16.5. The minimum atomic E-state index is -0.444. The lowest BCUT2D eigenvalue weighted by Crippen LogP contribution is -2.30. The van der Waals surface area contributed by atoms with Crippen LogP contribution in [-0.2, 0) is 9.53 Å². The summed E-state index contributed by atoms with van der Waals surface area (Å²) >= 11 is 0. The van der Waals surface area contributed by atoms with Crippen molar-refractivity contribution >= 4 is 5.97 Å². The molecule has 8 heavy (non-hydrogen) atoms. The Morgan fingerprint density at radius 1 is 1.88 bits per heavy atom. The highest BCUT2D eigenvalue weighted by molar-refractivity contribution is 5.75. The third-order valence-corrected chi connectivity index (χ3v) is 0.944. The van der Waals surface area contributed by atoms with E-state index in [2.05, 4.69) is 4.74 Å². The summed E-state index contributed by atoms with van der Waals surface area (Å²) < 4.78 is 4.34. The lowest BCUT2D eigenvalue weighted by Gasteiger charge is -2.03. The molecule has 0 heterocycles. The van der Waals surface area contributed by atoms with E-state index in [1.165, 1.54) is 7.11 Å². The predicted molar refractivity (Wildman–Crippen MR) is 30.3 cm³/mol. The van der Waals surface area contributed by atoms with Crippen LogP contribution >= 0.6 is 0 Å². The Morgan fingerprint density at radius 3 is 2.50 bits per heavy atom. The van der Waals surface area contributed by atoms with Crippen molar-refractivity contribution in [2.24, 2.45) is 5.73 Å². The average molecular weight is 117 g/mol. The van der Waals surface area contributed by atoms with Crippen LogP contribution in [0.4, 0.5) is 0 Å². The molecule has 0 aromatic heterocycles. The Hall–Kier alpha value is -0.570. The molecule has 0 aromatic rings. The van der Waals surface area contributed by atoms with Crippen molar-refractivity contribution in [3.63, 3.8) is 0 Å². The summed E-state index contributed by atoms with van der Waals surface area (Å²) in [6, 6.07) is -0.444. The van der Waals surface area contributed by atoms with Crippen molar-refractivity contribution in [2.75, 3.05) is 7.11 Å². The number of methoxy groups -OCH3 is 1. The summed E-state index contributed by atoms with van der Waals surface area (Å²) in [5, 5.41) is 0. The van der Waals surface area contributed by atoms with Gasteiger partial charge in [0.05, 0.1) is 7.11 Å². The van der Waals surface area contributed by atoms with E-state index in [0.717, 1.165) is 0 Å². The van der Waals surface area contributed by atoms with Crippen LogP contribution in [0.3, 0.4) is 0 Å². The summed E-state index contributed by atoms with van der Waals surface area (Å²) in [6.45, 7) is 1.83. The number of rotatable bonds is 2. The Bertz CT molecular complexity index is 82.5. The first kappa shape index (κ1) is 7.43. The number of carbonyl (C=O) groups excluding carboxylic acids is 1. The molecule has 48 valence electrons. The Labute approximate surface area is 48.8 Å². The van der Waals surface area contributed by atoms with Gasteiger partial charge in [0.1, 0.15) is 6.04 Å². The van der Waals surface area contributed by atoms with Crippen LogP contribution in [-0.4, -0.2) is 19.1 Å². The first-order valence-electron chi connectivity index (χ1n) is 2.55. The summed E-state index contributed by atoms with van der Waals surface area (Å²) in [5.41, 5.74) is 5.25. The smallest absolute Gasteiger partial charge is 0.322 e. The number of ether oxygens (including phenoxy) is 1. The molecule has 0 saturated carbocycles. The fourth-order valence-electron chi connectivity index (χ4n) is 0.318. The molecule has 0 unspecified atom stereocenters. The lowest BCUT2D eigenvalue weighted by molar-refractivity contribution is -0.142. The number of hydrogen-bond acceptors (Lipinski definition) is 3. The number of hydrogen-bond donors (Lipinski definition) is 1. The van der Waals surface area contributed by atoms with Gasteiger partial charge >= 0.3 is 5.97 Å². The van der Waals surface area contributed by atoms with Gasteiger partial charge in [0.2, 0.25) is 0 Å². The van der Waals surface area contributed by atoms with Gasteiger partial charge in [0, 0.05) is 0 Å². The van der Waals surface area contributed by atoms with E-state index >= 15 is 0 Å². The van der Waals surface area contributed by atoms with Gasteiger partial charge in [-0.25, -0.2) is 0 Å². The topological polar surface area (TPSA) is 52.3 Å². The maximum atomic E-state index is 10.4. The molecule has 0 radical (unpaired) electrons. The molecule has 0 fully saturated rings. The molecular weight excluding hydrogens is 106 g/mol. The van der Waals surface area contributed by atoms with Gasteiger partial charge < -0.3 is 10.5 Å². The van der Waals surface area contributed by atoms with E-state index in [1.54, 1.807) is 0 Å². The van der Waals surface area contributed by atoms with Crippen LogP contribution in [0.1, 0.15) is 13.3 Å². The third-order valence-electron chi connectivity index (χ3n) is 0.944. The molecule has 0 amide bonds. The minimum absolute atomic E-state index is 0.340. The second-order valence-corrected chi connectivity index (χ2v) is 1.54. The molecule has 2 N–H and O–H groups in total. The van der Waals surface area contributed by atoms with Gasteiger partial charge in [-0.05, 0) is 6.42 Å². The molecule has 0 bridgehead atoms. The minimum Gasteiger partial charge on any atom is -0.468 e. The average Bonchev–Trinajstić information content (AvgIpc) is 1.84. The first-order chi connectivity index (χ1) is 3.72. The lowest BCUT2D eigenvalue weighted by atomic mass is 10.2. The SMILES string of the molecule is CC[C@H](N)C(=O)OC. The fourth-order valence-corrected chi connectivity index (χ4v) is 0.318. The summed E-state index contributed by atoms with van der Waals surface area (Å²) in [5.74, 6) is -0.340. The highest BCUT2D eigenvalue weighted by Gasteiger charge is 2.08. The highest BCUT2D eigenvalue weighted by Crippen LogP contribution is 1.86. The second-order valence-electron chi connectivity index (χ2n) is 1.54. The van der Waals surface area contributed by atoms with Crippen LogP contribution in [0, 0.1) is 0 Å². The molecule has 3 nitrogen and oxygen atoms in total. The Balaban J connectivity index is 3.46. The van der Waals surface area contributed by atoms with Crippen molar-refractivity contribution in [2.45, 2.75) is 19.4 Å². The molecule has 1 atom stereocenters. The van der Waals surface area contributed by atoms with E-state index in [9.17, 15) is 4.79 Å². The maximum Gasteiger partial charge on any atom is 0.322 e. The van der Waals surface area contributed by atoms with Crippen molar-refractivity contribution in [1.82, 2.24) is 0 Å². The molecule has 0 saturated heterocycles. The molecule has 3 heteroatoms. The zero-order chi connectivity index (χ0) is 6.57. The molecule has 0 spiro atoms. The van der Waals surface area contributed by atoms with E-state index < -0.39 is 6.04 Å². The fraction of sp³-hybridized carbons (Fsp3) is 0.800. The standard InChI is InChI=1S/C5H11NO2/c1-3-4(6)5(7)8-2/h4H,3,6H2,1-2H3/t4-/m0/s1. The van der Waals surface area contributed by atoms with Crippen molar-refractivity contribution in [1.29, 1.82) is 0 Å². The Morgan fingerprint density at radius 2 is 2.38 bits per heavy atom. The van der Waals surface area contributed by atoms with E-state index in [0.29, 0.717) is 6.42 Å². The van der Waals surface area contributed by atoms with Crippen molar-refractivity contribution in [3.05, 3.63) is 0 Å². The zero-order valence-electron chi connectivity index (χ0n) is 5.18. The predicted octanol–water partition coefficient (Wildman–Crippen LogP) is -0.103. The Kier molecular flexibility index (Phi) is 3.19. The van der Waals surface area contributed by atoms with Gasteiger partial charge in [-0.15, -0.1) is 0 Å². The number of carbonyl (C=O) groups is 1. The van der Waals surface area contributed by atoms with E-state index in [1.807, 2.05) is 6.92 Å². The molecule has 0 aliphatic carbocycles. The molecule has 0 rings (SSSR count). The molecule has 0 aromatic carbocycles. The van der Waals surface area contributed by atoms with Gasteiger partial charge in [-0.1, -0.05) is 6.92 Å². The number of esters is 1. The van der Waals surface area contributed by atoms with Crippen molar-refractivity contribution < 1.29 is 9.53 Å². The monoisotopic (exact) mass is 117 g/mol. The summed E-state index contributed by atoms with van der Waals surface area (Å²) in [4.78, 5) is 10.4. The van der Waals surface area contributed by atoms with Crippen LogP contribution in [0.15, 0.2) is 0 Å². The first-order valence-corrected chi connectivity index (χ1v) is 2.55. The van der Waals surface area contributed by atoms with Gasteiger partial charge in [0.15, 0.2) is 0 Å². The molecular formula is C5H11NO2. The van der Waals surface area contributed by atoms with Gasteiger partial charge in [-0.2, -0.15) is 0 Å². The van der Waals surface area contributed by atoms with Gasteiger partial charge in [0.25, 0.3) is 0 Å². The van der Waals surface area contributed by atoms with Crippen LogP contribution in [0.5, 0.6) is 0 Å².